The number of hydrogen-bond acceptors (Lipinski definition) is 2. The van der Waals surface area contributed by atoms with Crippen LogP contribution in [0.2, 0.25) is 0 Å². The molecule has 0 bridgehead atoms. The van der Waals surface area contributed by atoms with E-state index in [-0.39, 0.29) is 23.6 Å². The fraction of sp³-hybridized carbons (Fsp3) is 0.400. The highest BCUT2D eigenvalue weighted by Crippen LogP contribution is 2.26. The number of aryl methyl sites for hydroxylation is 1. The molecule has 0 fully saturated rings. The lowest BCUT2D eigenvalue weighted by atomic mass is 10.0. The van der Waals surface area contributed by atoms with Gasteiger partial charge < -0.3 is 0 Å². The van der Waals surface area contributed by atoms with Gasteiger partial charge in [0.2, 0.25) is 0 Å². The van der Waals surface area contributed by atoms with E-state index >= 15 is 0 Å². The summed E-state index contributed by atoms with van der Waals surface area (Å²) in [6, 6.07) is 3.54. The van der Waals surface area contributed by atoms with E-state index in [0.29, 0.717) is 11.3 Å². The van der Waals surface area contributed by atoms with Gasteiger partial charge in [-0.05, 0) is 24.1 Å². The highest BCUT2D eigenvalue weighted by atomic mass is 35.5. The molecule has 0 aliphatic heterocycles. The van der Waals surface area contributed by atoms with Gasteiger partial charge >= 0.3 is 0 Å². The summed E-state index contributed by atoms with van der Waals surface area (Å²) in [7, 11) is 0. The van der Waals surface area contributed by atoms with Gasteiger partial charge in [-0.1, -0.05) is 0 Å². The van der Waals surface area contributed by atoms with E-state index in [9.17, 15) is 8.78 Å². The highest BCUT2D eigenvalue weighted by molar-refractivity contribution is 6.17. The van der Waals surface area contributed by atoms with Gasteiger partial charge in [0.15, 0.2) is 0 Å². The summed E-state index contributed by atoms with van der Waals surface area (Å²) in [6.45, 7) is 1.62. The van der Waals surface area contributed by atoms with Crippen LogP contribution in [0.25, 0.3) is 0 Å². The molecule has 0 amide bonds. The Balaban J connectivity index is 3.33. The SMILES string of the molecule is Cc1cc(CC#N)c(CCl)c(C(F)F)n1. The van der Waals surface area contributed by atoms with E-state index in [1.807, 2.05) is 6.07 Å². The van der Waals surface area contributed by atoms with Crippen molar-refractivity contribution in [3.05, 3.63) is 28.6 Å². The van der Waals surface area contributed by atoms with Crippen LogP contribution in [0.3, 0.4) is 0 Å². The molecule has 5 heteroatoms. The zero-order valence-electron chi connectivity index (χ0n) is 8.10. The maximum atomic E-state index is 12.6. The lowest BCUT2D eigenvalue weighted by molar-refractivity contribution is 0.145. The van der Waals surface area contributed by atoms with E-state index in [0.717, 1.165) is 0 Å². The molecule has 0 N–H and O–H groups in total. The molecule has 0 unspecified atom stereocenters. The molecule has 0 atom stereocenters. The normalized spacial score (nSPS) is 10.4. The number of aromatic nitrogens is 1. The van der Waals surface area contributed by atoms with E-state index in [4.69, 9.17) is 16.9 Å². The van der Waals surface area contributed by atoms with Crippen LogP contribution in [0.5, 0.6) is 0 Å². The standard InChI is InChI=1S/C10H9ClF2N2/c1-6-4-7(2-3-14)8(5-11)9(15-6)10(12)13/h4,10H,2,5H2,1H3. The third kappa shape index (κ3) is 2.63. The van der Waals surface area contributed by atoms with Crippen LogP contribution in [0, 0.1) is 18.3 Å². The quantitative estimate of drug-likeness (QED) is 0.748. The number of hydrogen-bond donors (Lipinski definition) is 0. The largest absolute Gasteiger partial charge is 0.280 e. The predicted molar refractivity (Wildman–Crippen MR) is 52.8 cm³/mol. The Bertz CT molecular complexity index is 399. The third-order valence-electron chi connectivity index (χ3n) is 1.99. The van der Waals surface area contributed by atoms with Crippen LogP contribution in [-0.2, 0) is 12.3 Å². The first-order chi connectivity index (χ1) is 7.10. The van der Waals surface area contributed by atoms with Gasteiger partial charge in [0.25, 0.3) is 6.43 Å². The third-order valence-corrected chi connectivity index (χ3v) is 2.25. The summed E-state index contributed by atoms with van der Waals surface area (Å²) in [4.78, 5) is 3.74. The Morgan fingerprint density at radius 2 is 2.27 bits per heavy atom. The summed E-state index contributed by atoms with van der Waals surface area (Å²) in [6.07, 6.45) is -2.58. The minimum absolute atomic E-state index is 0.0516. The van der Waals surface area contributed by atoms with Crippen LogP contribution in [-0.4, -0.2) is 4.98 Å². The van der Waals surface area contributed by atoms with Gasteiger partial charge in [-0.15, -0.1) is 11.6 Å². The first-order valence-electron chi connectivity index (χ1n) is 4.30. The van der Waals surface area contributed by atoms with Crippen LogP contribution in [0.15, 0.2) is 6.07 Å². The molecular weight excluding hydrogens is 222 g/mol. The first-order valence-corrected chi connectivity index (χ1v) is 4.84. The smallest absolute Gasteiger partial charge is 0.252 e. The van der Waals surface area contributed by atoms with Crippen molar-refractivity contribution in [3.63, 3.8) is 0 Å². The monoisotopic (exact) mass is 230 g/mol. The molecule has 0 saturated carbocycles. The van der Waals surface area contributed by atoms with Gasteiger partial charge in [0.05, 0.1) is 12.5 Å². The minimum atomic E-state index is -2.66. The topological polar surface area (TPSA) is 36.7 Å². The Labute approximate surface area is 91.5 Å². The number of halogens is 3. The van der Waals surface area contributed by atoms with Gasteiger partial charge in [0, 0.05) is 11.6 Å². The molecule has 1 aromatic heterocycles. The molecule has 0 aliphatic rings. The maximum Gasteiger partial charge on any atom is 0.280 e. The molecule has 80 valence electrons. The van der Waals surface area contributed by atoms with Crippen molar-refractivity contribution in [2.75, 3.05) is 0 Å². The van der Waals surface area contributed by atoms with Gasteiger partial charge in [-0.25, -0.2) is 8.78 Å². The summed E-state index contributed by atoms with van der Waals surface area (Å²) in [5.41, 5.74) is 0.980. The second-order valence-corrected chi connectivity index (χ2v) is 3.32. The van der Waals surface area contributed by atoms with Crippen LogP contribution < -0.4 is 0 Å². The molecule has 0 radical (unpaired) electrons. The Morgan fingerprint density at radius 1 is 1.60 bits per heavy atom. The minimum Gasteiger partial charge on any atom is -0.252 e. The fourth-order valence-electron chi connectivity index (χ4n) is 1.37. The number of nitrogens with zero attached hydrogens (tertiary/aromatic N) is 2. The average molecular weight is 231 g/mol. The van der Waals surface area contributed by atoms with Crippen molar-refractivity contribution in [2.45, 2.75) is 25.7 Å². The number of nitriles is 1. The molecule has 0 saturated heterocycles. The van der Waals surface area contributed by atoms with Crippen molar-refractivity contribution < 1.29 is 8.78 Å². The molecule has 15 heavy (non-hydrogen) atoms. The Morgan fingerprint density at radius 3 is 2.73 bits per heavy atom. The molecule has 1 rings (SSSR count). The zero-order valence-corrected chi connectivity index (χ0v) is 8.85. The average Bonchev–Trinajstić information content (AvgIpc) is 2.17. The Kier molecular flexibility index (Phi) is 3.98. The van der Waals surface area contributed by atoms with E-state index < -0.39 is 6.43 Å². The second kappa shape index (κ2) is 5.04. The number of pyridine rings is 1. The molecule has 1 heterocycles. The number of alkyl halides is 3. The maximum absolute atomic E-state index is 12.6. The van der Waals surface area contributed by atoms with Gasteiger partial charge in [-0.2, -0.15) is 5.26 Å². The van der Waals surface area contributed by atoms with Gasteiger partial charge in [0.1, 0.15) is 5.69 Å². The first kappa shape index (κ1) is 11.9. The van der Waals surface area contributed by atoms with Crippen molar-refractivity contribution >= 4 is 11.6 Å². The Hall–Kier alpha value is -1.21. The molecule has 0 aliphatic carbocycles. The van der Waals surface area contributed by atoms with Crippen molar-refractivity contribution in [1.82, 2.24) is 4.98 Å². The van der Waals surface area contributed by atoms with E-state index in [2.05, 4.69) is 4.98 Å². The lowest BCUT2D eigenvalue weighted by Crippen LogP contribution is -2.03. The van der Waals surface area contributed by atoms with Crippen LogP contribution in [0.4, 0.5) is 8.78 Å². The zero-order chi connectivity index (χ0) is 11.4. The van der Waals surface area contributed by atoms with Gasteiger partial charge in [-0.3, -0.25) is 4.98 Å². The second-order valence-electron chi connectivity index (χ2n) is 3.06. The summed E-state index contributed by atoms with van der Waals surface area (Å²) in [5.74, 6) is -0.0516. The summed E-state index contributed by atoms with van der Waals surface area (Å²) >= 11 is 5.59. The number of rotatable bonds is 3. The highest BCUT2D eigenvalue weighted by Gasteiger charge is 2.18. The predicted octanol–water partition coefficient (Wildman–Crippen LogP) is 3.13. The molecule has 0 spiro atoms. The molecular formula is C10H9ClF2N2. The molecule has 1 aromatic rings. The lowest BCUT2D eigenvalue weighted by Gasteiger charge is -2.10. The summed E-state index contributed by atoms with van der Waals surface area (Å²) in [5, 5.41) is 8.56. The van der Waals surface area contributed by atoms with E-state index in [1.54, 1.807) is 13.0 Å². The molecule has 0 aromatic carbocycles. The van der Waals surface area contributed by atoms with Crippen molar-refractivity contribution in [1.29, 1.82) is 5.26 Å². The van der Waals surface area contributed by atoms with Crippen LogP contribution >= 0.6 is 11.6 Å². The molecule has 2 nitrogen and oxygen atoms in total. The fourth-order valence-corrected chi connectivity index (χ4v) is 1.68. The van der Waals surface area contributed by atoms with Crippen molar-refractivity contribution in [2.24, 2.45) is 0 Å². The van der Waals surface area contributed by atoms with Crippen LogP contribution in [0.1, 0.15) is 28.9 Å². The van der Waals surface area contributed by atoms with E-state index in [1.165, 1.54) is 0 Å². The van der Waals surface area contributed by atoms with Crippen molar-refractivity contribution in [3.8, 4) is 6.07 Å². The summed E-state index contributed by atoms with van der Waals surface area (Å²) < 4.78 is 25.2.